The van der Waals surface area contributed by atoms with Crippen LogP contribution in [0, 0.1) is 10.1 Å². The predicted molar refractivity (Wildman–Crippen MR) is 105 cm³/mol. The first-order valence-corrected chi connectivity index (χ1v) is 9.08. The summed E-state index contributed by atoms with van der Waals surface area (Å²) in [6, 6.07) is 2.86. The van der Waals surface area contributed by atoms with Crippen LogP contribution in [0.3, 0.4) is 0 Å². The number of carbonyl (C=O) groups excluding carboxylic acids is 1. The molecule has 2 heterocycles. The Morgan fingerprint density at radius 3 is 2.64 bits per heavy atom. The van der Waals surface area contributed by atoms with E-state index in [0.717, 1.165) is 25.8 Å². The average Bonchev–Trinajstić information content (AvgIpc) is 2.93. The molecule has 10 heteroatoms. The molecule has 2 aliphatic heterocycles. The van der Waals surface area contributed by atoms with Crippen LogP contribution in [0.4, 0.5) is 5.69 Å². The van der Waals surface area contributed by atoms with Crippen molar-refractivity contribution in [1.82, 2.24) is 10.2 Å². The van der Waals surface area contributed by atoms with Gasteiger partial charge < -0.3 is 24.4 Å². The van der Waals surface area contributed by atoms with Crippen molar-refractivity contribution in [2.45, 2.75) is 31.3 Å². The second kappa shape index (κ2) is 9.90. The quantitative estimate of drug-likeness (QED) is 0.412. The Balaban J connectivity index is 0.00000280. The zero-order chi connectivity index (χ0) is 19.4. The van der Waals surface area contributed by atoms with Crippen LogP contribution in [0.1, 0.15) is 29.6 Å². The fourth-order valence-electron chi connectivity index (χ4n) is 3.83. The maximum atomic E-state index is 13.3. The fraction of sp³-hybridized carbons (Fsp3) is 0.611. The van der Waals surface area contributed by atoms with Gasteiger partial charge >= 0.3 is 0 Å². The van der Waals surface area contributed by atoms with Crippen molar-refractivity contribution in [3.63, 3.8) is 0 Å². The minimum Gasteiger partial charge on any atom is -0.493 e. The molecule has 0 saturated carbocycles. The third-order valence-electron chi connectivity index (χ3n) is 5.14. The number of nitro benzene ring substituents is 1. The summed E-state index contributed by atoms with van der Waals surface area (Å²) < 4.78 is 15.8. The fourth-order valence-corrected chi connectivity index (χ4v) is 3.83. The lowest BCUT2D eigenvalue weighted by Gasteiger charge is -2.28. The van der Waals surface area contributed by atoms with Crippen LogP contribution < -0.4 is 14.8 Å². The summed E-state index contributed by atoms with van der Waals surface area (Å²) >= 11 is 0. The summed E-state index contributed by atoms with van der Waals surface area (Å²) in [4.78, 5) is 26.2. The largest absolute Gasteiger partial charge is 0.493 e. The number of ether oxygens (including phenoxy) is 3. The number of nitrogens with one attached hydrogen (secondary N) is 1. The number of methoxy groups -OCH3 is 2. The zero-order valence-corrected chi connectivity index (χ0v) is 16.8. The van der Waals surface area contributed by atoms with Crippen LogP contribution in [0.15, 0.2) is 12.1 Å². The lowest BCUT2D eigenvalue weighted by molar-refractivity contribution is -0.385. The molecule has 2 bridgehead atoms. The van der Waals surface area contributed by atoms with E-state index in [1.165, 1.54) is 26.4 Å². The van der Waals surface area contributed by atoms with E-state index < -0.39 is 4.92 Å². The van der Waals surface area contributed by atoms with Crippen molar-refractivity contribution in [1.29, 1.82) is 0 Å². The first kappa shape index (κ1) is 22.2. The first-order valence-electron chi connectivity index (χ1n) is 9.08. The molecule has 0 spiro atoms. The van der Waals surface area contributed by atoms with Gasteiger partial charge in [-0.25, -0.2) is 0 Å². The van der Waals surface area contributed by atoms with Gasteiger partial charge in [-0.15, -0.1) is 12.4 Å². The van der Waals surface area contributed by atoms with Crippen LogP contribution in [0.25, 0.3) is 0 Å². The van der Waals surface area contributed by atoms with E-state index in [-0.39, 0.29) is 54.0 Å². The molecule has 1 amide bonds. The van der Waals surface area contributed by atoms with Crippen molar-refractivity contribution in [3.05, 3.63) is 27.8 Å². The molecule has 1 aromatic rings. The lowest BCUT2D eigenvalue weighted by atomic mass is 10.1. The van der Waals surface area contributed by atoms with E-state index in [1.54, 1.807) is 0 Å². The minimum absolute atomic E-state index is 0. The van der Waals surface area contributed by atoms with Crippen molar-refractivity contribution in [2.75, 3.05) is 40.5 Å². The molecule has 2 unspecified atom stereocenters. The average molecular weight is 416 g/mol. The second-order valence-electron chi connectivity index (χ2n) is 6.71. The van der Waals surface area contributed by atoms with Crippen molar-refractivity contribution >= 4 is 24.0 Å². The van der Waals surface area contributed by atoms with Crippen molar-refractivity contribution < 1.29 is 23.9 Å². The van der Waals surface area contributed by atoms with Gasteiger partial charge in [0.25, 0.3) is 11.6 Å². The number of nitro groups is 1. The van der Waals surface area contributed by atoms with Gasteiger partial charge in [0.05, 0.1) is 24.7 Å². The SMILES string of the molecule is COCCOc1cc([N+](=O)[O-])c(C(=O)N2C3CCNCC2CC3)cc1OC.Cl. The molecule has 1 N–H and O–H groups in total. The topological polar surface area (TPSA) is 103 Å². The molecule has 0 aromatic heterocycles. The number of halogens is 1. The molecular formula is C18H26ClN3O6. The monoisotopic (exact) mass is 415 g/mol. The number of hydrogen-bond donors (Lipinski definition) is 1. The van der Waals surface area contributed by atoms with Crippen LogP contribution in [0.2, 0.25) is 0 Å². The summed E-state index contributed by atoms with van der Waals surface area (Å²) in [6.07, 6.45) is 2.69. The lowest BCUT2D eigenvalue weighted by Crippen LogP contribution is -2.42. The Bertz CT molecular complexity index is 703. The molecule has 3 rings (SSSR count). The maximum absolute atomic E-state index is 13.3. The van der Waals surface area contributed by atoms with Crippen LogP contribution in [-0.4, -0.2) is 68.3 Å². The normalized spacial score (nSPS) is 20.9. The summed E-state index contributed by atoms with van der Waals surface area (Å²) in [7, 11) is 2.98. The summed E-state index contributed by atoms with van der Waals surface area (Å²) in [5.41, 5.74) is -0.237. The van der Waals surface area contributed by atoms with Gasteiger partial charge in [-0.2, -0.15) is 0 Å². The highest BCUT2D eigenvalue weighted by Gasteiger charge is 2.40. The summed E-state index contributed by atoms with van der Waals surface area (Å²) in [5, 5.41) is 15.0. The standard InChI is InChI=1S/C18H25N3O6.ClH/c1-25-7-8-27-17-10-15(21(23)24)14(9-16(17)26-2)18(22)20-12-3-4-13(20)11-19-6-5-12;/h9-10,12-13,19H,3-8,11H2,1-2H3;1H. The number of rotatable bonds is 7. The van der Waals surface area contributed by atoms with E-state index in [1.807, 2.05) is 4.90 Å². The van der Waals surface area contributed by atoms with Gasteiger partial charge in [0.2, 0.25) is 0 Å². The molecule has 0 aliphatic carbocycles. The highest BCUT2D eigenvalue weighted by Crippen LogP contribution is 2.37. The number of fused-ring (bicyclic) bond motifs is 2. The Labute approximate surface area is 169 Å². The molecule has 0 radical (unpaired) electrons. The Kier molecular flexibility index (Phi) is 7.85. The number of nitrogens with zero attached hydrogens (tertiary/aromatic N) is 2. The smallest absolute Gasteiger partial charge is 0.286 e. The highest BCUT2D eigenvalue weighted by molar-refractivity contribution is 5.99. The molecule has 2 saturated heterocycles. The van der Waals surface area contributed by atoms with Gasteiger partial charge in [-0.3, -0.25) is 14.9 Å². The Morgan fingerprint density at radius 1 is 1.21 bits per heavy atom. The van der Waals surface area contributed by atoms with Crippen LogP contribution in [-0.2, 0) is 4.74 Å². The van der Waals surface area contributed by atoms with E-state index in [2.05, 4.69) is 5.32 Å². The molecule has 2 fully saturated rings. The van der Waals surface area contributed by atoms with E-state index in [0.29, 0.717) is 18.9 Å². The third kappa shape index (κ3) is 4.48. The molecule has 2 aliphatic rings. The molecule has 2 atom stereocenters. The minimum atomic E-state index is -0.548. The molecule has 28 heavy (non-hydrogen) atoms. The first-order chi connectivity index (χ1) is 13.1. The van der Waals surface area contributed by atoms with E-state index in [4.69, 9.17) is 14.2 Å². The van der Waals surface area contributed by atoms with E-state index >= 15 is 0 Å². The van der Waals surface area contributed by atoms with Gasteiger partial charge in [0.1, 0.15) is 12.2 Å². The number of hydrogen-bond acceptors (Lipinski definition) is 7. The number of carbonyl (C=O) groups is 1. The van der Waals surface area contributed by atoms with Crippen molar-refractivity contribution in [2.24, 2.45) is 0 Å². The summed E-state index contributed by atoms with van der Waals surface area (Å²) in [5.74, 6) is 0.193. The number of benzene rings is 1. The zero-order valence-electron chi connectivity index (χ0n) is 16.0. The highest BCUT2D eigenvalue weighted by atomic mass is 35.5. The van der Waals surface area contributed by atoms with E-state index in [9.17, 15) is 14.9 Å². The van der Waals surface area contributed by atoms with Crippen LogP contribution in [0.5, 0.6) is 11.5 Å². The molecule has 1 aromatic carbocycles. The van der Waals surface area contributed by atoms with Gasteiger partial charge in [-0.05, 0) is 25.8 Å². The Morgan fingerprint density at radius 2 is 1.96 bits per heavy atom. The Hall–Kier alpha value is -2.10. The van der Waals surface area contributed by atoms with Crippen LogP contribution >= 0.6 is 12.4 Å². The maximum Gasteiger partial charge on any atom is 0.286 e. The predicted octanol–water partition coefficient (Wildman–Crippen LogP) is 2.02. The van der Waals surface area contributed by atoms with Gasteiger partial charge in [0.15, 0.2) is 11.5 Å². The summed E-state index contributed by atoms with van der Waals surface area (Å²) in [6.45, 7) is 2.12. The van der Waals surface area contributed by atoms with Gasteiger partial charge in [0, 0.05) is 31.8 Å². The molecular weight excluding hydrogens is 390 g/mol. The molecule has 9 nitrogen and oxygen atoms in total. The van der Waals surface area contributed by atoms with Gasteiger partial charge in [-0.1, -0.05) is 0 Å². The number of amides is 1. The third-order valence-corrected chi connectivity index (χ3v) is 5.14. The molecule has 156 valence electrons. The second-order valence-corrected chi connectivity index (χ2v) is 6.71. The van der Waals surface area contributed by atoms with Crippen molar-refractivity contribution in [3.8, 4) is 11.5 Å².